The fraction of sp³-hybridized carbons (Fsp3) is 0.440. The number of thioether (sulfide) groups is 1. The Hall–Kier alpha value is -2.47. The molecule has 0 fully saturated rings. The van der Waals surface area contributed by atoms with Gasteiger partial charge in [0.2, 0.25) is 5.43 Å². The van der Waals surface area contributed by atoms with Crippen LogP contribution in [0, 0.1) is 0 Å². The van der Waals surface area contributed by atoms with Gasteiger partial charge < -0.3 is 13.9 Å². The Labute approximate surface area is 187 Å². The maximum absolute atomic E-state index is 13.2. The number of benzene rings is 2. The molecule has 5 nitrogen and oxygen atoms in total. The SMILES string of the molecule is CCCCCCCCOc1cc(SC)c2oc3ccc(C(=O)OCC)cc3c(=O)c2c1. The van der Waals surface area contributed by atoms with Crippen molar-refractivity contribution >= 4 is 39.7 Å². The van der Waals surface area contributed by atoms with Gasteiger partial charge in [0.1, 0.15) is 11.3 Å². The quantitative estimate of drug-likeness (QED) is 0.145. The first-order chi connectivity index (χ1) is 15.1. The van der Waals surface area contributed by atoms with Gasteiger partial charge in [0.25, 0.3) is 0 Å². The maximum Gasteiger partial charge on any atom is 0.338 e. The second kappa shape index (κ2) is 11.2. The number of carbonyl (C=O) groups excluding carboxylic acids is 1. The summed E-state index contributed by atoms with van der Waals surface area (Å²) in [5.74, 6) is 0.211. The summed E-state index contributed by atoms with van der Waals surface area (Å²) in [5, 5.41) is 0.816. The minimum atomic E-state index is -0.454. The van der Waals surface area contributed by atoms with Crippen LogP contribution < -0.4 is 10.2 Å². The summed E-state index contributed by atoms with van der Waals surface area (Å²) in [7, 11) is 0. The lowest BCUT2D eigenvalue weighted by atomic mass is 10.1. The first-order valence-corrected chi connectivity index (χ1v) is 12.2. The molecule has 0 bridgehead atoms. The molecule has 3 rings (SSSR count). The molecular weight excluding hydrogens is 412 g/mol. The Morgan fingerprint density at radius 3 is 2.52 bits per heavy atom. The van der Waals surface area contributed by atoms with E-state index in [0.29, 0.717) is 39.9 Å². The maximum atomic E-state index is 13.2. The molecule has 1 heterocycles. The highest BCUT2D eigenvalue weighted by Gasteiger charge is 2.16. The molecule has 0 saturated heterocycles. The lowest BCUT2D eigenvalue weighted by Gasteiger charge is -2.11. The van der Waals surface area contributed by atoms with Crippen molar-refractivity contribution in [3.05, 3.63) is 46.1 Å². The third-order valence-corrected chi connectivity index (χ3v) is 5.95. The molecule has 0 unspecified atom stereocenters. The highest BCUT2D eigenvalue weighted by atomic mass is 32.2. The Morgan fingerprint density at radius 2 is 1.77 bits per heavy atom. The molecular formula is C25H30O5S. The van der Waals surface area contributed by atoms with Gasteiger partial charge in [-0.25, -0.2) is 4.79 Å². The highest BCUT2D eigenvalue weighted by molar-refractivity contribution is 7.98. The van der Waals surface area contributed by atoms with Crippen LogP contribution >= 0.6 is 11.8 Å². The number of carbonyl (C=O) groups is 1. The fourth-order valence-electron chi connectivity index (χ4n) is 3.55. The molecule has 0 aliphatic heterocycles. The molecule has 0 atom stereocenters. The van der Waals surface area contributed by atoms with Crippen molar-refractivity contribution < 1.29 is 18.7 Å². The van der Waals surface area contributed by atoms with Gasteiger partial charge in [-0.3, -0.25) is 4.79 Å². The minimum Gasteiger partial charge on any atom is -0.494 e. The van der Waals surface area contributed by atoms with E-state index in [4.69, 9.17) is 13.9 Å². The van der Waals surface area contributed by atoms with Gasteiger partial charge in [-0.2, -0.15) is 0 Å². The zero-order valence-corrected chi connectivity index (χ0v) is 19.3. The standard InChI is InChI=1S/C25H30O5S/c1-4-6-7-8-9-10-13-29-18-15-20-23(26)19-14-17(25(27)28-5-2)11-12-21(19)30-24(20)22(16-18)31-3/h11-12,14-16H,4-10,13H2,1-3H3. The predicted molar refractivity (Wildman–Crippen MR) is 127 cm³/mol. The summed E-state index contributed by atoms with van der Waals surface area (Å²) in [6, 6.07) is 8.48. The zero-order valence-electron chi connectivity index (χ0n) is 18.5. The molecule has 0 aliphatic rings. The molecule has 0 aliphatic carbocycles. The van der Waals surface area contributed by atoms with E-state index in [2.05, 4.69) is 6.92 Å². The highest BCUT2D eigenvalue weighted by Crippen LogP contribution is 2.32. The summed E-state index contributed by atoms with van der Waals surface area (Å²) in [5.41, 5.74) is 1.15. The number of fused-ring (bicyclic) bond motifs is 2. The number of ether oxygens (including phenoxy) is 2. The van der Waals surface area contributed by atoms with Gasteiger partial charge in [-0.15, -0.1) is 11.8 Å². The first kappa shape index (κ1) is 23.2. The van der Waals surface area contributed by atoms with Crippen LogP contribution in [0.5, 0.6) is 5.75 Å². The summed E-state index contributed by atoms with van der Waals surface area (Å²) in [4.78, 5) is 26.2. The zero-order chi connectivity index (χ0) is 22.2. The van der Waals surface area contributed by atoms with Gasteiger partial charge >= 0.3 is 5.97 Å². The van der Waals surface area contributed by atoms with Crippen LogP contribution in [-0.2, 0) is 4.74 Å². The van der Waals surface area contributed by atoms with E-state index < -0.39 is 5.97 Å². The van der Waals surface area contributed by atoms with Gasteiger partial charge in [0, 0.05) is 0 Å². The van der Waals surface area contributed by atoms with Crippen molar-refractivity contribution in [1.82, 2.24) is 0 Å². The molecule has 2 aromatic carbocycles. The monoisotopic (exact) mass is 442 g/mol. The second-order valence-corrected chi connectivity index (χ2v) is 8.33. The molecule has 166 valence electrons. The van der Waals surface area contributed by atoms with E-state index in [1.807, 2.05) is 12.3 Å². The summed E-state index contributed by atoms with van der Waals surface area (Å²) in [6.45, 7) is 4.86. The van der Waals surface area contributed by atoms with Gasteiger partial charge in [-0.05, 0) is 49.9 Å². The molecule has 0 radical (unpaired) electrons. The lowest BCUT2D eigenvalue weighted by Crippen LogP contribution is -2.08. The van der Waals surface area contributed by atoms with Crippen molar-refractivity contribution in [1.29, 1.82) is 0 Å². The summed E-state index contributed by atoms with van der Waals surface area (Å²) < 4.78 is 17.1. The number of esters is 1. The number of unbranched alkanes of at least 4 members (excludes halogenated alkanes) is 5. The van der Waals surface area contributed by atoms with Gasteiger partial charge in [0.05, 0.1) is 34.4 Å². The average Bonchev–Trinajstić information content (AvgIpc) is 2.78. The Kier molecular flexibility index (Phi) is 8.41. The topological polar surface area (TPSA) is 65.7 Å². The molecule has 0 amide bonds. The van der Waals surface area contributed by atoms with Crippen LogP contribution in [0.4, 0.5) is 0 Å². The summed E-state index contributed by atoms with van der Waals surface area (Å²) in [6.07, 6.45) is 9.10. The van der Waals surface area contributed by atoms with Crippen LogP contribution in [0.1, 0.15) is 62.7 Å². The van der Waals surface area contributed by atoms with E-state index in [-0.39, 0.29) is 12.0 Å². The van der Waals surface area contributed by atoms with Crippen molar-refractivity contribution in [2.75, 3.05) is 19.5 Å². The van der Waals surface area contributed by atoms with Gasteiger partial charge in [0.15, 0.2) is 5.58 Å². The largest absolute Gasteiger partial charge is 0.494 e. The number of hydrogen-bond acceptors (Lipinski definition) is 6. The van der Waals surface area contributed by atoms with Crippen LogP contribution in [-0.4, -0.2) is 25.4 Å². The molecule has 0 spiro atoms. The Balaban J connectivity index is 1.89. The van der Waals surface area contributed by atoms with Crippen molar-refractivity contribution in [2.45, 2.75) is 57.3 Å². The van der Waals surface area contributed by atoms with Crippen LogP contribution in [0.2, 0.25) is 0 Å². The van der Waals surface area contributed by atoms with Crippen molar-refractivity contribution in [2.24, 2.45) is 0 Å². The fourth-order valence-corrected chi connectivity index (χ4v) is 4.12. The van der Waals surface area contributed by atoms with E-state index in [9.17, 15) is 9.59 Å². The number of hydrogen-bond donors (Lipinski definition) is 0. The van der Waals surface area contributed by atoms with Crippen molar-refractivity contribution in [3.8, 4) is 5.75 Å². The molecule has 1 aromatic heterocycles. The smallest absolute Gasteiger partial charge is 0.338 e. The van der Waals surface area contributed by atoms with E-state index in [1.54, 1.807) is 31.2 Å². The minimum absolute atomic E-state index is 0.178. The predicted octanol–water partition coefficient (Wildman–Crippen LogP) is 6.58. The Morgan fingerprint density at radius 1 is 1.00 bits per heavy atom. The first-order valence-electron chi connectivity index (χ1n) is 11.0. The van der Waals surface area contributed by atoms with Gasteiger partial charge in [-0.1, -0.05) is 39.0 Å². The average molecular weight is 443 g/mol. The molecule has 31 heavy (non-hydrogen) atoms. The number of rotatable bonds is 11. The summed E-state index contributed by atoms with van der Waals surface area (Å²) >= 11 is 1.51. The van der Waals surface area contributed by atoms with Crippen LogP contribution in [0.15, 0.2) is 44.4 Å². The van der Waals surface area contributed by atoms with Crippen LogP contribution in [0.3, 0.4) is 0 Å². The van der Waals surface area contributed by atoms with E-state index >= 15 is 0 Å². The molecule has 6 heteroatoms. The van der Waals surface area contributed by atoms with E-state index in [1.165, 1.54) is 37.4 Å². The normalized spacial score (nSPS) is 11.2. The van der Waals surface area contributed by atoms with Crippen LogP contribution in [0.25, 0.3) is 21.9 Å². The lowest BCUT2D eigenvalue weighted by molar-refractivity contribution is 0.0526. The second-order valence-electron chi connectivity index (χ2n) is 7.48. The van der Waals surface area contributed by atoms with E-state index in [0.717, 1.165) is 17.7 Å². The molecule has 3 aromatic rings. The Bertz CT molecular complexity index is 1100. The molecule has 0 N–H and O–H groups in total. The molecule has 0 saturated carbocycles. The third-order valence-electron chi connectivity index (χ3n) is 5.21. The van der Waals surface area contributed by atoms with Crippen molar-refractivity contribution in [3.63, 3.8) is 0 Å². The third kappa shape index (κ3) is 5.62.